The van der Waals surface area contributed by atoms with Crippen LogP contribution in [0.4, 0.5) is 11.8 Å². The van der Waals surface area contributed by atoms with Gasteiger partial charge in [-0.3, -0.25) is 9.98 Å². The summed E-state index contributed by atoms with van der Waals surface area (Å²) < 4.78 is 5.95. The zero-order valence-corrected chi connectivity index (χ0v) is 16.9. The Morgan fingerprint density at radius 1 is 1.29 bits per heavy atom. The molecule has 0 aliphatic rings. The summed E-state index contributed by atoms with van der Waals surface area (Å²) in [7, 11) is 0. The summed E-state index contributed by atoms with van der Waals surface area (Å²) in [4.78, 5) is 17.4. The van der Waals surface area contributed by atoms with E-state index in [1.807, 2.05) is 25.1 Å². The first kappa shape index (κ1) is 21.3. The van der Waals surface area contributed by atoms with Crippen molar-refractivity contribution in [2.75, 3.05) is 30.7 Å². The van der Waals surface area contributed by atoms with E-state index in [1.54, 1.807) is 12.4 Å². The number of unbranched alkanes of at least 4 members (excludes halogenated alkanes) is 1. The molecule has 28 heavy (non-hydrogen) atoms. The number of aliphatic imine (C=N–C) groups is 2. The SMILES string of the molecule is CCCCNc1nc(N)ncc1OCC(/C=N\CC)=N\C(C)c1ccccc1. The van der Waals surface area contributed by atoms with Gasteiger partial charge in [-0.2, -0.15) is 4.98 Å². The molecule has 150 valence electrons. The molecule has 0 bridgehead atoms. The first-order valence-corrected chi connectivity index (χ1v) is 9.74. The van der Waals surface area contributed by atoms with E-state index in [-0.39, 0.29) is 18.6 Å². The van der Waals surface area contributed by atoms with Gasteiger partial charge in [-0.15, -0.1) is 0 Å². The van der Waals surface area contributed by atoms with Crippen molar-refractivity contribution >= 4 is 23.7 Å². The second-order valence-electron chi connectivity index (χ2n) is 6.35. The molecule has 3 N–H and O–H groups in total. The minimum atomic E-state index is 0.00734. The van der Waals surface area contributed by atoms with Gasteiger partial charge in [0.1, 0.15) is 6.61 Å². The van der Waals surface area contributed by atoms with E-state index in [0.717, 1.165) is 30.7 Å². The standard InChI is InChI=1S/C21H30N6O/c1-4-6-12-24-20-19(14-25-21(22)27-20)28-15-18(13-23-5-2)26-16(3)17-10-8-7-9-11-17/h7-11,13-14,16H,4-6,12,15H2,1-3H3,(H3,22,24,25,27)/b23-13-,26-18-. The summed E-state index contributed by atoms with van der Waals surface area (Å²) >= 11 is 0. The van der Waals surface area contributed by atoms with E-state index >= 15 is 0 Å². The van der Waals surface area contributed by atoms with Gasteiger partial charge in [0.15, 0.2) is 11.6 Å². The van der Waals surface area contributed by atoms with Crippen LogP contribution in [-0.4, -0.2) is 41.6 Å². The van der Waals surface area contributed by atoms with Crippen molar-refractivity contribution in [3.63, 3.8) is 0 Å². The number of aromatic nitrogens is 2. The quantitative estimate of drug-likeness (QED) is 0.453. The average Bonchev–Trinajstić information content (AvgIpc) is 2.71. The second-order valence-corrected chi connectivity index (χ2v) is 6.35. The minimum absolute atomic E-state index is 0.00734. The Labute approximate surface area is 167 Å². The monoisotopic (exact) mass is 382 g/mol. The lowest BCUT2D eigenvalue weighted by Gasteiger charge is -2.13. The molecule has 0 aliphatic heterocycles. The molecule has 1 heterocycles. The van der Waals surface area contributed by atoms with Crippen LogP contribution >= 0.6 is 0 Å². The van der Waals surface area contributed by atoms with Crippen LogP contribution in [0.1, 0.15) is 45.2 Å². The van der Waals surface area contributed by atoms with Crippen LogP contribution < -0.4 is 15.8 Å². The van der Waals surface area contributed by atoms with E-state index < -0.39 is 0 Å². The van der Waals surface area contributed by atoms with Crippen molar-refractivity contribution in [3.05, 3.63) is 42.1 Å². The molecule has 2 rings (SSSR count). The van der Waals surface area contributed by atoms with Crippen LogP contribution in [0.25, 0.3) is 0 Å². The summed E-state index contributed by atoms with van der Waals surface area (Å²) in [5.74, 6) is 1.37. The number of ether oxygens (including phenoxy) is 1. The lowest BCUT2D eigenvalue weighted by molar-refractivity contribution is 0.376. The first-order chi connectivity index (χ1) is 13.6. The van der Waals surface area contributed by atoms with Gasteiger partial charge in [0.25, 0.3) is 0 Å². The average molecular weight is 383 g/mol. The lowest BCUT2D eigenvalue weighted by atomic mass is 10.1. The molecule has 0 spiro atoms. The Morgan fingerprint density at radius 3 is 2.79 bits per heavy atom. The predicted molar refractivity (Wildman–Crippen MR) is 117 cm³/mol. The van der Waals surface area contributed by atoms with Gasteiger partial charge in [-0.25, -0.2) is 4.98 Å². The van der Waals surface area contributed by atoms with Crippen LogP contribution in [0, 0.1) is 0 Å². The maximum atomic E-state index is 5.95. The number of benzene rings is 1. The lowest BCUT2D eigenvalue weighted by Crippen LogP contribution is -2.16. The predicted octanol–water partition coefficient (Wildman–Crippen LogP) is 3.94. The van der Waals surface area contributed by atoms with Crippen LogP contribution in [0.3, 0.4) is 0 Å². The van der Waals surface area contributed by atoms with Gasteiger partial charge in [-0.1, -0.05) is 43.7 Å². The van der Waals surface area contributed by atoms with E-state index in [4.69, 9.17) is 15.5 Å². The number of nitrogens with one attached hydrogen (secondary N) is 1. The Kier molecular flexibility index (Phi) is 8.91. The highest BCUT2D eigenvalue weighted by Gasteiger charge is 2.10. The highest BCUT2D eigenvalue weighted by molar-refractivity contribution is 6.31. The fourth-order valence-corrected chi connectivity index (χ4v) is 2.51. The number of nitrogens with zero attached hydrogens (tertiary/aromatic N) is 4. The molecule has 0 saturated carbocycles. The van der Waals surface area contributed by atoms with Crippen molar-refractivity contribution < 1.29 is 4.74 Å². The largest absolute Gasteiger partial charge is 0.482 e. The number of rotatable bonds is 11. The molecular formula is C21H30N6O. The van der Waals surface area contributed by atoms with E-state index in [2.05, 4.69) is 46.3 Å². The number of hydrogen-bond donors (Lipinski definition) is 2. The van der Waals surface area contributed by atoms with Crippen molar-refractivity contribution in [1.82, 2.24) is 9.97 Å². The molecule has 2 aromatic rings. The Hall–Kier alpha value is -2.96. The van der Waals surface area contributed by atoms with E-state index in [9.17, 15) is 0 Å². The summed E-state index contributed by atoms with van der Waals surface area (Å²) in [6, 6.07) is 10.2. The normalized spacial score (nSPS) is 12.9. The Balaban J connectivity index is 2.13. The number of anilines is 2. The topological polar surface area (TPSA) is 97.8 Å². The molecular weight excluding hydrogens is 352 g/mol. The van der Waals surface area contributed by atoms with Gasteiger partial charge < -0.3 is 15.8 Å². The molecule has 1 atom stereocenters. The molecule has 7 nitrogen and oxygen atoms in total. The first-order valence-electron chi connectivity index (χ1n) is 9.74. The number of hydrogen-bond acceptors (Lipinski definition) is 7. The summed E-state index contributed by atoms with van der Waals surface area (Å²) in [5.41, 5.74) is 7.62. The van der Waals surface area contributed by atoms with E-state index in [0.29, 0.717) is 18.1 Å². The summed E-state index contributed by atoms with van der Waals surface area (Å²) in [5, 5.41) is 3.26. The highest BCUT2D eigenvalue weighted by atomic mass is 16.5. The zero-order valence-electron chi connectivity index (χ0n) is 16.9. The summed E-state index contributed by atoms with van der Waals surface area (Å²) in [6.07, 6.45) is 5.48. The maximum absolute atomic E-state index is 5.95. The fourth-order valence-electron chi connectivity index (χ4n) is 2.51. The summed E-state index contributed by atoms with van der Waals surface area (Å²) in [6.45, 7) is 7.94. The van der Waals surface area contributed by atoms with Gasteiger partial charge in [-0.05, 0) is 25.8 Å². The van der Waals surface area contributed by atoms with E-state index in [1.165, 1.54) is 0 Å². The fraction of sp³-hybridized carbons (Fsp3) is 0.429. The molecule has 1 aromatic heterocycles. The maximum Gasteiger partial charge on any atom is 0.222 e. The van der Waals surface area contributed by atoms with Gasteiger partial charge in [0.05, 0.1) is 18.0 Å². The molecule has 0 aliphatic carbocycles. The zero-order chi connectivity index (χ0) is 20.2. The van der Waals surface area contributed by atoms with Gasteiger partial charge in [0.2, 0.25) is 5.95 Å². The third-order valence-electron chi connectivity index (χ3n) is 4.04. The second kappa shape index (κ2) is 11.7. The van der Waals surface area contributed by atoms with Crippen molar-refractivity contribution in [2.24, 2.45) is 9.98 Å². The molecule has 0 amide bonds. The van der Waals surface area contributed by atoms with Crippen LogP contribution in [0.5, 0.6) is 5.75 Å². The van der Waals surface area contributed by atoms with Crippen molar-refractivity contribution in [3.8, 4) is 5.75 Å². The molecule has 1 unspecified atom stereocenters. The minimum Gasteiger partial charge on any atom is -0.482 e. The molecule has 0 fully saturated rings. The molecule has 1 aromatic carbocycles. The number of nitrogen functional groups attached to an aromatic ring is 1. The Morgan fingerprint density at radius 2 is 2.07 bits per heavy atom. The van der Waals surface area contributed by atoms with Gasteiger partial charge in [0, 0.05) is 19.3 Å². The van der Waals surface area contributed by atoms with Crippen molar-refractivity contribution in [2.45, 2.75) is 39.7 Å². The highest BCUT2D eigenvalue weighted by Crippen LogP contribution is 2.22. The van der Waals surface area contributed by atoms with Crippen molar-refractivity contribution in [1.29, 1.82) is 0 Å². The van der Waals surface area contributed by atoms with Crippen LogP contribution in [0.2, 0.25) is 0 Å². The number of nitrogens with two attached hydrogens (primary N) is 1. The third kappa shape index (κ3) is 6.98. The molecule has 7 heteroatoms. The van der Waals surface area contributed by atoms with Crippen LogP contribution in [0.15, 0.2) is 46.5 Å². The van der Waals surface area contributed by atoms with Gasteiger partial charge >= 0.3 is 0 Å². The Bertz CT molecular complexity index is 776. The smallest absolute Gasteiger partial charge is 0.222 e. The third-order valence-corrected chi connectivity index (χ3v) is 4.04. The molecule has 0 saturated heterocycles. The molecule has 0 radical (unpaired) electrons. The van der Waals surface area contributed by atoms with Crippen LogP contribution in [-0.2, 0) is 0 Å².